The lowest BCUT2D eigenvalue weighted by Crippen LogP contribution is -2.31. The Kier molecular flexibility index (Phi) is 5.52. The number of hydrogen-bond donors (Lipinski definition) is 1. The summed E-state index contributed by atoms with van der Waals surface area (Å²) in [4.78, 5) is 22.8. The summed E-state index contributed by atoms with van der Waals surface area (Å²) >= 11 is 0. The summed E-state index contributed by atoms with van der Waals surface area (Å²) in [7, 11) is 1.60. The van der Waals surface area contributed by atoms with Gasteiger partial charge in [0, 0.05) is 17.7 Å². The quantitative estimate of drug-likeness (QED) is 0.647. The van der Waals surface area contributed by atoms with E-state index in [2.05, 4.69) is 5.32 Å². The molecule has 0 radical (unpaired) electrons. The van der Waals surface area contributed by atoms with Crippen molar-refractivity contribution in [1.82, 2.24) is 5.32 Å². The standard InChI is InChI=1S/C18H20N2O4/c1-12(2)17(13-7-9-16(24-3)10-8-13)19-18(21)14-5-4-6-15(11-14)20(22)23/h4-12,17H,1-3H3,(H,19,21). The number of hydrogen-bond acceptors (Lipinski definition) is 4. The number of ether oxygens (including phenoxy) is 1. The van der Waals surface area contributed by atoms with Crippen LogP contribution in [-0.2, 0) is 0 Å². The van der Waals surface area contributed by atoms with Crippen LogP contribution in [0.2, 0.25) is 0 Å². The lowest BCUT2D eigenvalue weighted by atomic mass is 9.95. The first-order chi connectivity index (χ1) is 11.4. The summed E-state index contributed by atoms with van der Waals surface area (Å²) in [5.74, 6) is 0.556. The summed E-state index contributed by atoms with van der Waals surface area (Å²) < 4.78 is 5.14. The molecule has 0 spiro atoms. The fourth-order valence-corrected chi connectivity index (χ4v) is 2.43. The molecule has 0 saturated carbocycles. The monoisotopic (exact) mass is 328 g/mol. The van der Waals surface area contributed by atoms with Gasteiger partial charge in [0.05, 0.1) is 18.1 Å². The van der Waals surface area contributed by atoms with Crippen molar-refractivity contribution in [2.45, 2.75) is 19.9 Å². The highest BCUT2D eigenvalue weighted by Gasteiger charge is 2.20. The van der Waals surface area contributed by atoms with Gasteiger partial charge in [0.1, 0.15) is 5.75 Å². The second kappa shape index (κ2) is 7.59. The Morgan fingerprint density at radius 3 is 2.38 bits per heavy atom. The van der Waals surface area contributed by atoms with E-state index in [-0.39, 0.29) is 29.1 Å². The highest BCUT2D eigenvalue weighted by atomic mass is 16.6. The zero-order chi connectivity index (χ0) is 17.7. The van der Waals surface area contributed by atoms with Crippen LogP contribution >= 0.6 is 0 Å². The minimum absolute atomic E-state index is 0.104. The molecule has 0 aromatic heterocycles. The number of nitro groups is 1. The van der Waals surface area contributed by atoms with Crippen molar-refractivity contribution in [2.24, 2.45) is 5.92 Å². The third-order valence-corrected chi connectivity index (χ3v) is 3.75. The number of benzene rings is 2. The molecule has 2 rings (SSSR count). The average Bonchev–Trinajstić information content (AvgIpc) is 2.59. The van der Waals surface area contributed by atoms with Gasteiger partial charge < -0.3 is 10.1 Å². The van der Waals surface area contributed by atoms with Gasteiger partial charge >= 0.3 is 0 Å². The summed E-state index contributed by atoms with van der Waals surface area (Å²) in [5, 5.41) is 13.8. The first-order valence-electron chi connectivity index (χ1n) is 7.61. The molecule has 1 atom stereocenters. The van der Waals surface area contributed by atoms with E-state index in [1.54, 1.807) is 13.2 Å². The molecule has 6 nitrogen and oxygen atoms in total. The summed E-state index contributed by atoms with van der Waals surface area (Å²) in [6.07, 6.45) is 0. The second-order valence-corrected chi connectivity index (χ2v) is 5.78. The molecule has 1 amide bonds. The van der Waals surface area contributed by atoms with Gasteiger partial charge in [-0.15, -0.1) is 0 Å². The zero-order valence-corrected chi connectivity index (χ0v) is 13.9. The maximum atomic E-state index is 12.5. The summed E-state index contributed by atoms with van der Waals surface area (Å²) in [6, 6.07) is 13.0. The van der Waals surface area contributed by atoms with E-state index in [4.69, 9.17) is 4.74 Å². The maximum Gasteiger partial charge on any atom is 0.270 e. The van der Waals surface area contributed by atoms with Crippen molar-refractivity contribution in [2.75, 3.05) is 7.11 Å². The van der Waals surface area contributed by atoms with Crippen molar-refractivity contribution < 1.29 is 14.5 Å². The molecule has 0 saturated heterocycles. The molecule has 1 unspecified atom stereocenters. The van der Waals surface area contributed by atoms with E-state index in [0.717, 1.165) is 11.3 Å². The van der Waals surface area contributed by atoms with Gasteiger partial charge in [-0.25, -0.2) is 0 Å². The minimum atomic E-state index is -0.514. The number of carbonyl (C=O) groups excluding carboxylic acids is 1. The largest absolute Gasteiger partial charge is 0.497 e. The number of non-ortho nitro benzene ring substituents is 1. The Hall–Kier alpha value is -2.89. The molecule has 0 fully saturated rings. The number of nitrogens with one attached hydrogen (secondary N) is 1. The van der Waals surface area contributed by atoms with E-state index < -0.39 is 4.92 Å². The molecule has 6 heteroatoms. The number of amides is 1. The van der Waals surface area contributed by atoms with Crippen molar-refractivity contribution >= 4 is 11.6 Å². The van der Waals surface area contributed by atoms with Crippen LogP contribution in [0.3, 0.4) is 0 Å². The topological polar surface area (TPSA) is 81.5 Å². The van der Waals surface area contributed by atoms with Crippen LogP contribution in [0.5, 0.6) is 5.75 Å². The van der Waals surface area contributed by atoms with Gasteiger partial charge in [-0.2, -0.15) is 0 Å². The SMILES string of the molecule is COc1ccc(C(NC(=O)c2cccc([N+](=O)[O-])c2)C(C)C)cc1. The highest BCUT2D eigenvalue weighted by Crippen LogP contribution is 2.24. The zero-order valence-electron chi connectivity index (χ0n) is 13.9. The Morgan fingerprint density at radius 1 is 1.17 bits per heavy atom. The number of nitro benzene ring substituents is 1. The van der Waals surface area contributed by atoms with E-state index >= 15 is 0 Å². The van der Waals surface area contributed by atoms with Crippen molar-refractivity contribution in [3.05, 3.63) is 69.8 Å². The Bertz CT molecular complexity index is 726. The number of methoxy groups -OCH3 is 1. The van der Waals surface area contributed by atoms with Gasteiger partial charge in [-0.3, -0.25) is 14.9 Å². The third kappa shape index (κ3) is 4.10. The third-order valence-electron chi connectivity index (χ3n) is 3.75. The Labute approximate surface area is 140 Å². The molecule has 126 valence electrons. The molecular weight excluding hydrogens is 308 g/mol. The number of nitrogens with zero attached hydrogens (tertiary/aromatic N) is 1. The van der Waals surface area contributed by atoms with E-state index in [1.165, 1.54) is 18.2 Å². The van der Waals surface area contributed by atoms with Crippen LogP contribution in [-0.4, -0.2) is 17.9 Å². The molecule has 1 N–H and O–H groups in total. The summed E-state index contributed by atoms with van der Waals surface area (Å²) in [5.41, 5.74) is 1.11. The van der Waals surface area contributed by atoms with Crippen LogP contribution in [0.15, 0.2) is 48.5 Å². The first kappa shape index (κ1) is 17.5. The van der Waals surface area contributed by atoms with Crippen molar-refractivity contribution in [3.63, 3.8) is 0 Å². The molecule has 0 aliphatic heterocycles. The molecule has 0 bridgehead atoms. The molecular formula is C18H20N2O4. The predicted octanol–water partition coefficient (Wildman–Crippen LogP) is 3.73. The molecule has 2 aromatic carbocycles. The van der Waals surface area contributed by atoms with Crippen LogP contribution in [0.1, 0.15) is 35.8 Å². The molecule has 0 heterocycles. The van der Waals surface area contributed by atoms with Gasteiger partial charge in [-0.05, 0) is 29.7 Å². The Morgan fingerprint density at radius 2 is 1.83 bits per heavy atom. The van der Waals surface area contributed by atoms with E-state index in [1.807, 2.05) is 38.1 Å². The van der Waals surface area contributed by atoms with Crippen molar-refractivity contribution in [1.29, 1.82) is 0 Å². The Balaban J connectivity index is 2.22. The van der Waals surface area contributed by atoms with Crippen molar-refractivity contribution in [3.8, 4) is 5.75 Å². The molecule has 0 aliphatic carbocycles. The number of rotatable bonds is 6. The lowest BCUT2D eigenvalue weighted by molar-refractivity contribution is -0.384. The van der Waals surface area contributed by atoms with Crippen LogP contribution in [0, 0.1) is 16.0 Å². The van der Waals surface area contributed by atoms with Gasteiger partial charge in [-0.1, -0.05) is 32.0 Å². The molecule has 0 aliphatic rings. The van der Waals surface area contributed by atoms with Crippen LogP contribution in [0.4, 0.5) is 5.69 Å². The second-order valence-electron chi connectivity index (χ2n) is 5.78. The van der Waals surface area contributed by atoms with E-state index in [9.17, 15) is 14.9 Å². The average molecular weight is 328 g/mol. The van der Waals surface area contributed by atoms with Crippen LogP contribution in [0.25, 0.3) is 0 Å². The summed E-state index contributed by atoms with van der Waals surface area (Å²) in [6.45, 7) is 4.01. The lowest BCUT2D eigenvalue weighted by Gasteiger charge is -2.23. The smallest absolute Gasteiger partial charge is 0.270 e. The predicted molar refractivity (Wildman–Crippen MR) is 91.1 cm³/mol. The maximum absolute atomic E-state index is 12.5. The van der Waals surface area contributed by atoms with Crippen LogP contribution < -0.4 is 10.1 Å². The normalized spacial score (nSPS) is 11.8. The molecule has 24 heavy (non-hydrogen) atoms. The molecule has 2 aromatic rings. The van der Waals surface area contributed by atoms with E-state index in [0.29, 0.717) is 0 Å². The minimum Gasteiger partial charge on any atom is -0.497 e. The van der Waals surface area contributed by atoms with Gasteiger partial charge in [0.2, 0.25) is 0 Å². The fraction of sp³-hybridized carbons (Fsp3) is 0.278. The van der Waals surface area contributed by atoms with Gasteiger partial charge in [0.25, 0.3) is 11.6 Å². The number of carbonyl (C=O) groups is 1. The van der Waals surface area contributed by atoms with Gasteiger partial charge in [0.15, 0.2) is 0 Å². The fourth-order valence-electron chi connectivity index (χ4n) is 2.43. The first-order valence-corrected chi connectivity index (χ1v) is 7.61. The highest BCUT2D eigenvalue weighted by molar-refractivity contribution is 5.95.